The largest absolute Gasteiger partial charge is 0.441 e. The summed E-state index contributed by atoms with van der Waals surface area (Å²) in [4.78, 5) is 30.7. The van der Waals surface area contributed by atoms with Gasteiger partial charge in [0.1, 0.15) is 5.60 Å². The Labute approximate surface area is 225 Å². The van der Waals surface area contributed by atoms with Crippen LogP contribution in [0.25, 0.3) is 0 Å². The van der Waals surface area contributed by atoms with Gasteiger partial charge in [0.25, 0.3) is 0 Å². The number of rotatable bonds is 10. The number of nitrogens with zero attached hydrogens (tertiary/aromatic N) is 2. The molecule has 1 fully saturated rings. The van der Waals surface area contributed by atoms with Gasteiger partial charge in [-0.15, -0.1) is 0 Å². The third-order valence-electron chi connectivity index (χ3n) is 7.20. The smallest absolute Gasteiger partial charge is 0.417 e. The van der Waals surface area contributed by atoms with Gasteiger partial charge in [-0.2, -0.15) is 0 Å². The fraction of sp³-hybridized carbons (Fsp3) is 0.375. The van der Waals surface area contributed by atoms with E-state index in [9.17, 15) is 14.7 Å². The summed E-state index contributed by atoms with van der Waals surface area (Å²) in [5.74, 6) is -1.31. The first-order chi connectivity index (χ1) is 18.2. The molecule has 0 aromatic heterocycles. The lowest BCUT2D eigenvalue weighted by atomic mass is 9.87. The molecular weight excluding hydrogens is 476 g/mol. The van der Waals surface area contributed by atoms with Crippen molar-refractivity contribution < 1.29 is 19.4 Å². The summed E-state index contributed by atoms with van der Waals surface area (Å²) < 4.78 is 5.66. The third-order valence-corrected chi connectivity index (χ3v) is 7.20. The monoisotopic (exact) mass is 514 g/mol. The first kappa shape index (κ1) is 27.6. The van der Waals surface area contributed by atoms with E-state index in [0.29, 0.717) is 18.7 Å². The number of amides is 2. The van der Waals surface area contributed by atoms with Gasteiger partial charge >= 0.3 is 6.09 Å². The van der Waals surface area contributed by atoms with Crippen LogP contribution >= 0.6 is 0 Å². The first-order valence-electron chi connectivity index (χ1n) is 13.3. The van der Waals surface area contributed by atoms with Crippen molar-refractivity contribution in [3.8, 4) is 0 Å². The van der Waals surface area contributed by atoms with Crippen LogP contribution in [0, 0.1) is 11.8 Å². The van der Waals surface area contributed by atoms with Crippen molar-refractivity contribution in [2.75, 3.05) is 6.54 Å². The number of cyclic esters (lactones) is 1. The minimum atomic E-state index is -1.10. The fourth-order valence-electron chi connectivity index (χ4n) is 5.61. The van der Waals surface area contributed by atoms with Gasteiger partial charge in [-0.05, 0) is 36.5 Å². The Morgan fingerprint density at radius 1 is 0.895 bits per heavy atom. The summed E-state index contributed by atoms with van der Waals surface area (Å²) in [6, 6.07) is 28.9. The SMILES string of the molecule is CC(C)[C@@H]1N(C(=O)[C@@H](CN(Cc2ccccc2)Cc2ccccc2)[C@H](O)c2ccccc2)C(=O)OC1(C)C. The van der Waals surface area contributed by atoms with Crippen LogP contribution in [0.3, 0.4) is 0 Å². The zero-order valence-corrected chi connectivity index (χ0v) is 22.7. The van der Waals surface area contributed by atoms with Gasteiger partial charge < -0.3 is 9.84 Å². The van der Waals surface area contributed by atoms with E-state index in [2.05, 4.69) is 29.2 Å². The molecule has 1 saturated heterocycles. The summed E-state index contributed by atoms with van der Waals surface area (Å²) in [6.07, 6.45) is -1.75. The molecule has 200 valence electrons. The van der Waals surface area contributed by atoms with E-state index in [0.717, 1.165) is 11.1 Å². The number of aliphatic hydroxyl groups excluding tert-OH is 1. The molecule has 1 N–H and O–H groups in total. The highest BCUT2D eigenvalue weighted by atomic mass is 16.6. The van der Waals surface area contributed by atoms with Crippen molar-refractivity contribution in [1.82, 2.24) is 9.80 Å². The van der Waals surface area contributed by atoms with Crippen molar-refractivity contribution in [1.29, 1.82) is 0 Å². The Morgan fingerprint density at radius 2 is 1.37 bits per heavy atom. The average molecular weight is 515 g/mol. The fourth-order valence-corrected chi connectivity index (χ4v) is 5.61. The van der Waals surface area contributed by atoms with Crippen molar-refractivity contribution in [3.63, 3.8) is 0 Å². The van der Waals surface area contributed by atoms with Crippen LogP contribution in [0.1, 0.15) is 50.5 Å². The molecule has 0 radical (unpaired) electrons. The number of hydrogen-bond donors (Lipinski definition) is 1. The van der Waals surface area contributed by atoms with E-state index < -0.39 is 35.7 Å². The molecular formula is C32H38N2O4. The highest BCUT2D eigenvalue weighted by Crippen LogP contribution is 2.37. The minimum Gasteiger partial charge on any atom is -0.441 e. The molecule has 0 saturated carbocycles. The molecule has 3 aromatic carbocycles. The van der Waals surface area contributed by atoms with Crippen LogP contribution in [0.4, 0.5) is 4.79 Å². The summed E-state index contributed by atoms with van der Waals surface area (Å²) in [5.41, 5.74) is 2.02. The van der Waals surface area contributed by atoms with Gasteiger partial charge in [-0.1, -0.05) is 105 Å². The third kappa shape index (κ3) is 6.32. The standard InChI is InChI=1S/C32H38N2O4/c1-23(2)29-32(3,4)38-31(37)34(29)30(36)27(28(35)26-18-12-7-13-19-26)22-33(20-24-14-8-5-9-15-24)21-25-16-10-6-11-17-25/h5-19,23,27-29,35H,20-22H2,1-4H3/t27-,28+,29-/m0/s1. The van der Waals surface area contributed by atoms with E-state index in [4.69, 9.17) is 4.74 Å². The molecule has 0 spiro atoms. The number of imide groups is 1. The maximum atomic E-state index is 14.3. The first-order valence-corrected chi connectivity index (χ1v) is 13.3. The lowest BCUT2D eigenvalue weighted by molar-refractivity contribution is -0.140. The Morgan fingerprint density at radius 3 is 1.84 bits per heavy atom. The Bertz CT molecular complexity index is 1160. The van der Waals surface area contributed by atoms with Crippen LogP contribution in [0.15, 0.2) is 91.0 Å². The van der Waals surface area contributed by atoms with E-state index in [-0.39, 0.29) is 12.5 Å². The zero-order valence-electron chi connectivity index (χ0n) is 22.7. The van der Waals surface area contributed by atoms with E-state index in [1.54, 1.807) is 0 Å². The maximum Gasteiger partial charge on any atom is 0.417 e. The highest BCUT2D eigenvalue weighted by Gasteiger charge is 2.53. The van der Waals surface area contributed by atoms with Gasteiger partial charge in [-0.3, -0.25) is 9.69 Å². The van der Waals surface area contributed by atoms with E-state index >= 15 is 0 Å². The molecule has 6 nitrogen and oxygen atoms in total. The topological polar surface area (TPSA) is 70.1 Å². The molecule has 0 unspecified atom stereocenters. The van der Waals surface area contributed by atoms with Crippen LogP contribution < -0.4 is 0 Å². The van der Waals surface area contributed by atoms with Gasteiger partial charge in [0.15, 0.2) is 0 Å². The van der Waals surface area contributed by atoms with E-state index in [1.807, 2.05) is 94.4 Å². The summed E-state index contributed by atoms with van der Waals surface area (Å²) in [5, 5.41) is 11.6. The number of aliphatic hydroxyl groups is 1. The quantitative estimate of drug-likeness (QED) is 0.369. The molecule has 1 aliphatic heterocycles. The van der Waals surface area contributed by atoms with Crippen molar-refractivity contribution in [3.05, 3.63) is 108 Å². The second-order valence-corrected chi connectivity index (χ2v) is 11.0. The number of hydrogen-bond acceptors (Lipinski definition) is 5. The Balaban J connectivity index is 1.71. The van der Waals surface area contributed by atoms with Crippen LogP contribution in [-0.4, -0.2) is 45.1 Å². The zero-order chi connectivity index (χ0) is 27.3. The van der Waals surface area contributed by atoms with Crippen molar-refractivity contribution >= 4 is 12.0 Å². The highest BCUT2D eigenvalue weighted by molar-refractivity contribution is 5.96. The van der Waals surface area contributed by atoms with Crippen molar-refractivity contribution in [2.45, 2.75) is 58.5 Å². The molecule has 6 heteroatoms. The number of ether oxygens (including phenoxy) is 1. The average Bonchev–Trinajstić information content (AvgIpc) is 3.16. The minimum absolute atomic E-state index is 0.0142. The molecule has 3 atom stereocenters. The molecule has 0 bridgehead atoms. The predicted molar refractivity (Wildman–Crippen MR) is 148 cm³/mol. The lowest BCUT2D eigenvalue weighted by Gasteiger charge is -2.35. The number of benzene rings is 3. The van der Waals surface area contributed by atoms with E-state index in [1.165, 1.54) is 4.90 Å². The lowest BCUT2D eigenvalue weighted by Crippen LogP contribution is -2.52. The second-order valence-electron chi connectivity index (χ2n) is 11.0. The summed E-state index contributed by atoms with van der Waals surface area (Å²) in [6.45, 7) is 9.07. The molecule has 38 heavy (non-hydrogen) atoms. The number of carbonyl (C=O) groups excluding carboxylic acids is 2. The molecule has 3 aromatic rings. The maximum absolute atomic E-state index is 14.3. The van der Waals surface area contributed by atoms with Gasteiger partial charge in [0, 0.05) is 19.6 Å². The molecule has 2 amide bonds. The van der Waals surface area contributed by atoms with Crippen molar-refractivity contribution in [2.24, 2.45) is 11.8 Å². The second kappa shape index (κ2) is 11.9. The van der Waals surface area contributed by atoms with Crippen LogP contribution in [0.2, 0.25) is 0 Å². The predicted octanol–water partition coefficient (Wildman–Crippen LogP) is 5.82. The Kier molecular flexibility index (Phi) is 8.65. The van der Waals surface area contributed by atoms with Gasteiger partial charge in [0.05, 0.1) is 18.1 Å². The normalized spacial score (nSPS) is 18.4. The van der Waals surface area contributed by atoms with Crippen LogP contribution in [0.5, 0.6) is 0 Å². The summed E-state index contributed by atoms with van der Waals surface area (Å²) >= 11 is 0. The van der Waals surface area contributed by atoms with Gasteiger partial charge in [-0.25, -0.2) is 9.69 Å². The number of carbonyl (C=O) groups is 2. The molecule has 0 aliphatic carbocycles. The molecule has 1 aliphatic rings. The Hall–Kier alpha value is -3.48. The van der Waals surface area contributed by atoms with Crippen LogP contribution in [-0.2, 0) is 22.6 Å². The molecule has 4 rings (SSSR count). The van der Waals surface area contributed by atoms with Gasteiger partial charge in [0.2, 0.25) is 5.91 Å². The molecule has 1 heterocycles. The summed E-state index contributed by atoms with van der Waals surface area (Å²) in [7, 11) is 0.